The first-order chi connectivity index (χ1) is 9.06. The monoisotopic (exact) mass is 284 g/mol. The normalized spacial score (nSPS) is 17.3. The van der Waals surface area contributed by atoms with Crippen LogP contribution in [0.15, 0.2) is 10.6 Å². The van der Waals surface area contributed by atoms with Crippen molar-refractivity contribution < 1.29 is 19.2 Å². The molecule has 1 aromatic rings. The first kappa shape index (κ1) is 13.9. The quantitative estimate of drug-likeness (QED) is 0.856. The Hall–Kier alpha value is -1.50. The average molecular weight is 284 g/mol. The van der Waals surface area contributed by atoms with Crippen molar-refractivity contribution in [1.82, 2.24) is 10.5 Å². The summed E-state index contributed by atoms with van der Waals surface area (Å²) >= 11 is 1.77. The van der Waals surface area contributed by atoms with E-state index in [-0.39, 0.29) is 16.2 Å². The molecule has 0 saturated heterocycles. The number of carbonyl (C=O) groups excluding carboxylic acids is 1. The van der Waals surface area contributed by atoms with E-state index in [1.165, 1.54) is 12.8 Å². The Morgan fingerprint density at radius 2 is 2.21 bits per heavy atom. The first-order valence-corrected chi connectivity index (χ1v) is 7.32. The molecule has 0 unspecified atom stereocenters. The van der Waals surface area contributed by atoms with E-state index in [2.05, 4.69) is 21.3 Å². The summed E-state index contributed by atoms with van der Waals surface area (Å²) in [6.45, 7) is 0.572. The van der Waals surface area contributed by atoms with Gasteiger partial charge in [-0.3, -0.25) is 4.79 Å². The van der Waals surface area contributed by atoms with Gasteiger partial charge in [-0.05, 0) is 19.1 Å². The molecule has 0 spiro atoms. The van der Waals surface area contributed by atoms with Gasteiger partial charge in [0.05, 0.1) is 0 Å². The largest absolute Gasteiger partial charge is 0.475 e. The molecule has 6 nitrogen and oxygen atoms in total. The van der Waals surface area contributed by atoms with Gasteiger partial charge in [-0.25, -0.2) is 4.79 Å². The maximum absolute atomic E-state index is 11.9. The molecule has 1 amide bonds. The Kier molecular flexibility index (Phi) is 4.14. The zero-order chi connectivity index (χ0) is 13.9. The maximum Gasteiger partial charge on any atom is 0.374 e. The number of nitrogens with zero attached hydrogens (tertiary/aromatic N) is 1. The lowest BCUT2D eigenvalue weighted by Gasteiger charge is -2.26. The van der Waals surface area contributed by atoms with E-state index in [0.717, 1.165) is 18.9 Å². The van der Waals surface area contributed by atoms with E-state index in [1.807, 2.05) is 0 Å². The fourth-order valence-corrected chi connectivity index (χ4v) is 3.20. The third kappa shape index (κ3) is 3.09. The van der Waals surface area contributed by atoms with Gasteiger partial charge < -0.3 is 14.9 Å². The van der Waals surface area contributed by atoms with Gasteiger partial charge in [0.2, 0.25) is 5.76 Å². The molecule has 2 N–H and O–H groups in total. The van der Waals surface area contributed by atoms with Crippen LogP contribution in [-0.4, -0.2) is 39.7 Å². The Labute approximate surface area is 114 Å². The van der Waals surface area contributed by atoms with Gasteiger partial charge in [0, 0.05) is 17.4 Å². The van der Waals surface area contributed by atoms with Crippen molar-refractivity contribution in [1.29, 1.82) is 0 Å². The topological polar surface area (TPSA) is 92.4 Å². The predicted octanol–water partition coefficient (Wildman–Crippen LogP) is 1.78. The maximum atomic E-state index is 11.9. The van der Waals surface area contributed by atoms with E-state index < -0.39 is 11.9 Å². The van der Waals surface area contributed by atoms with Gasteiger partial charge in [0.1, 0.15) is 0 Å². The highest BCUT2D eigenvalue weighted by Crippen LogP contribution is 2.39. The van der Waals surface area contributed by atoms with Crippen LogP contribution in [0.25, 0.3) is 0 Å². The number of aromatic nitrogens is 1. The van der Waals surface area contributed by atoms with Gasteiger partial charge in [-0.2, -0.15) is 11.8 Å². The van der Waals surface area contributed by atoms with Crippen LogP contribution >= 0.6 is 11.8 Å². The Morgan fingerprint density at radius 3 is 2.74 bits per heavy atom. The van der Waals surface area contributed by atoms with Gasteiger partial charge >= 0.3 is 5.97 Å². The van der Waals surface area contributed by atoms with Crippen molar-refractivity contribution in [3.63, 3.8) is 0 Å². The standard InChI is InChI=1S/C12H16N2O4S/c1-19-12(4-2-3-5-12)7-13-10(15)8-6-9(11(16)17)18-14-8/h6H,2-5,7H2,1H3,(H,13,15)(H,16,17). The highest BCUT2D eigenvalue weighted by molar-refractivity contribution is 8.00. The molecule has 19 heavy (non-hydrogen) atoms. The SMILES string of the molecule is CSC1(CNC(=O)c2cc(C(=O)O)on2)CCCC1. The number of aromatic carboxylic acids is 1. The fourth-order valence-electron chi connectivity index (χ4n) is 2.29. The van der Waals surface area contributed by atoms with E-state index in [1.54, 1.807) is 11.8 Å². The summed E-state index contributed by atoms with van der Waals surface area (Å²) in [4.78, 5) is 22.5. The third-order valence-corrected chi connectivity index (χ3v) is 4.89. The van der Waals surface area contributed by atoms with E-state index >= 15 is 0 Å². The van der Waals surface area contributed by atoms with Crippen molar-refractivity contribution in [2.45, 2.75) is 30.4 Å². The number of carboxylic acids is 1. The highest BCUT2D eigenvalue weighted by Gasteiger charge is 2.33. The summed E-state index contributed by atoms with van der Waals surface area (Å²) < 4.78 is 4.66. The van der Waals surface area contributed by atoms with Crippen molar-refractivity contribution >= 4 is 23.6 Å². The minimum atomic E-state index is -1.23. The van der Waals surface area contributed by atoms with Gasteiger partial charge in [-0.1, -0.05) is 18.0 Å². The number of carboxylic acid groups (broad SMARTS) is 1. The molecule has 7 heteroatoms. The summed E-state index contributed by atoms with van der Waals surface area (Å²) in [5.41, 5.74) is 0.00616. The van der Waals surface area contributed by atoms with Crippen LogP contribution in [0.3, 0.4) is 0 Å². The van der Waals surface area contributed by atoms with Crippen molar-refractivity contribution in [2.24, 2.45) is 0 Å². The molecule has 1 aromatic heterocycles. The third-order valence-electron chi connectivity index (χ3n) is 3.47. The van der Waals surface area contributed by atoms with Crippen LogP contribution in [0.4, 0.5) is 0 Å². The molecule has 2 rings (SSSR count). The first-order valence-electron chi connectivity index (χ1n) is 6.10. The lowest BCUT2D eigenvalue weighted by molar-refractivity contribution is 0.0651. The van der Waals surface area contributed by atoms with Crippen molar-refractivity contribution in [2.75, 3.05) is 12.8 Å². The minimum Gasteiger partial charge on any atom is -0.475 e. The zero-order valence-electron chi connectivity index (χ0n) is 10.6. The lowest BCUT2D eigenvalue weighted by Crippen LogP contribution is -2.38. The van der Waals surface area contributed by atoms with Crippen molar-refractivity contribution in [3.8, 4) is 0 Å². The number of carbonyl (C=O) groups is 2. The summed E-state index contributed by atoms with van der Waals surface area (Å²) in [5.74, 6) is -1.95. The molecule has 1 aliphatic rings. The highest BCUT2D eigenvalue weighted by atomic mass is 32.2. The van der Waals surface area contributed by atoms with Crippen LogP contribution in [0, 0.1) is 0 Å². The smallest absolute Gasteiger partial charge is 0.374 e. The minimum absolute atomic E-state index is 0.00616. The Morgan fingerprint density at radius 1 is 1.53 bits per heavy atom. The second-order valence-electron chi connectivity index (χ2n) is 4.66. The Bertz CT molecular complexity index is 480. The molecule has 1 aliphatic carbocycles. The molecule has 1 saturated carbocycles. The number of hydrogen-bond donors (Lipinski definition) is 2. The number of nitrogens with one attached hydrogen (secondary N) is 1. The van der Waals surface area contributed by atoms with E-state index in [4.69, 9.17) is 5.11 Å². The summed E-state index contributed by atoms with van der Waals surface area (Å²) in [7, 11) is 0. The number of hydrogen-bond acceptors (Lipinski definition) is 5. The molecule has 0 radical (unpaired) electrons. The second-order valence-corrected chi connectivity index (χ2v) is 5.93. The summed E-state index contributed by atoms with van der Waals surface area (Å²) in [6.07, 6.45) is 6.60. The molecule has 0 bridgehead atoms. The van der Waals surface area contributed by atoms with Crippen LogP contribution in [-0.2, 0) is 0 Å². The molecular weight excluding hydrogens is 268 g/mol. The number of thioether (sulfide) groups is 1. The molecule has 1 heterocycles. The fraction of sp³-hybridized carbons (Fsp3) is 0.583. The second kappa shape index (κ2) is 5.64. The van der Waals surface area contributed by atoms with Crippen LogP contribution in [0.2, 0.25) is 0 Å². The van der Waals surface area contributed by atoms with Crippen molar-refractivity contribution in [3.05, 3.63) is 17.5 Å². The van der Waals surface area contributed by atoms with Gasteiger partial charge in [-0.15, -0.1) is 0 Å². The van der Waals surface area contributed by atoms with Crippen LogP contribution in [0.5, 0.6) is 0 Å². The molecule has 0 aliphatic heterocycles. The van der Waals surface area contributed by atoms with Gasteiger partial charge in [0.25, 0.3) is 5.91 Å². The van der Waals surface area contributed by atoms with E-state index in [0.29, 0.717) is 6.54 Å². The molecular formula is C12H16N2O4S. The van der Waals surface area contributed by atoms with E-state index in [9.17, 15) is 9.59 Å². The average Bonchev–Trinajstić information content (AvgIpc) is 3.06. The van der Waals surface area contributed by atoms with Crippen LogP contribution < -0.4 is 5.32 Å². The molecule has 1 fully saturated rings. The molecule has 104 valence electrons. The summed E-state index contributed by atoms with van der Waals surface area (Å²) in [5, 5.41) is 15.0. The summed E-state index contributed by atoms with van der Waals surface area (Å²) in [6, 6.07) is 1.14. The lowest BCUT2D eigenvalue weighted by atomic mass is 10.1. The molecule has 0 aromatic carbocycles. The molecule has 0 atom stereocenters. The zero-order valence-corrected chi connectivity index (χ0v) is 11.5. The number of amides is 1. The van der Waals surface area contributed by atoms with Gasteiger partial charge in [0.15, 0.2) is 5.69 Å². The number of rotatable bonds is 5. The van der Waals surface area contributed by atoms with Crippen LogP contribution in [0.1, 0.15) is 46.7 Å². The predicted molar refractivity (Wildman–Crippen MR) is 70.5 cm³/mol. The Balaban J connectivity index is 1.95.